The van der Waals surface area contributed by atoms with Crippen molar-refractivity contribution in [3.63, 3.8) is 0 Å². The van der Waals surface area contributed by atoms with Crippen LogP contribution in [0.15, 0.2) is 42.7 Å². The average molecular weight is 409 g/mol. The average Bonchev–Trinajstić information content (AvgIpc) is 3.18. The fraction of sp³-hybridized carbons (Fsp3) is 0.435. The minimum Gasteiger partial charge on any atom is -0.352 e. The maximum atomic E-state index is 12.6. The number of benzene rings is 1. The molecule has 0 aliphatic carbocycles. The van der Waals surface area contributed by atoms with Crippen molar-refractivity contribution in [2.45, 2.75) is 39.0 Å². The molecule has 0 unspecified atom stereocenters. The number of unbranched alkanes of at least 4 members (excludes halogenated alkanes) is 2. The molecule has 1 aromatic carbocycles. The van der Waals surface area contributed by atoms with Crippen LogP contribution >= 0.6 is 11.3 Å². The van der Waals surface area contributed by atoms with E-state index in [1.807, 2.05) is 35.2 Å². The summed E-state index contributed by atoms with van der Waals surface area (Å²) in [5.74, 6) is 1.22. The number of piperazine rings is 1. The van der Waals surface area contributed by atoms with Gasteiger partial charge in [-0.25, -0.2) is 9.97 Å². The number of aryl methyl sites for hydroxylation is 1. The second-order valence-corrected chi connectivity index (χ2v) is 8.73. The molecule has 0 N–H and O–H groups in total. The van der Waals surface area contributed by atoms with Crippen LogP contribution in [0.2, 0.25) is 0 Å². The first-order valence-corrected chi connectivity index (χ1v) is 11.4. The molecule has 5 nitrogen and oxygen atoms in total. The van der Waals surface area contributed by atoms with Crippen molar-refractivity contribution in [3.8, 4) is 0 Å². The van der Waals surface area contributed by atoms with Gasteiger partial charge in [-0.05, 0) is 24.5 Å². The third-order valence-electron chi connectivity index (χ3n) is 5.52. The van der Waals surface area contributed by atoms with Crippen LogP contribution < -0.4 is 4.90 Å². The van der Waals surface area contributed by atoms with E-state index in [0.29, 0.717) is 6.42 Å². The summed E-state index contributed by atoms with van der Waals surface area (Å²) in [6, 6.07) is 12.3. The monoisotopic (exact) mass is 408 g/mol. The van der Waals surface area contributed by atoms with Crippen LogP contribution in [0.4, 0.5) is 5.82 Å². The smallest absolute Gasteiger partial charge is 0.227 e. The predicted molar refractivity (Wildman–Crippen MR) is 120 cm³/mol. The molecule has 0 bridgehead atoms. The molecular formula is C23H28N4OS. The number of rotatable bonds is 7. The van der Waals surface area contributed by atoms with Crippen LogP contribution in [0.5, 0.6) is 0 Å². The van der Waals surface area contributed by atoms with Crippen LogP contribution in [0.1, 0.15) is 36.6 Å². The second-order valence-electron chi connectivity index (χ2n) is 7.62. The van der Waals surface area contributed by atoms with E-state index >= 15 is 0 Å². The molecule has 1 aliphatic heterocycles. The van der Waals surface area contributed by atoms with Gasteiger partial charge in [0, 0.05) is 31.1 Å². The van der Waals surface area contributed by atoms with E-state index in [2.05, 4.69) is 27.9 Å². The van der Waals surface area contributed by atoms with E-state index in [1.54, 1.807) is 17.7 Å². The van der Waals surface area contributed by atoms with E-state index in [-0.39, 0.29) is 5.91 Å². The van der Waals surface area contributed by atoms with E-state index in [0.717, 1.165) is 54.2 Å². The Kier molecular flexibility index (Phi) is 6.39. The number of nitrogens with zero attached hydrogens (tertiary/aromatic N) is 4. The summed E-state index contributed by atoms with van der Waals surface area (Å²) in [5, 5.41) is 1.16. The van der Waals surface area contributed by atoms with Crippen molar-refractivity contribution in [2.75, 3.05) is 31.1 Å². The van der Waals surface area contributed by atoms with Crippen molar-refractivity contribution >= 4 is 33.3 Å². The fourth-order valence-electron chi connectivity index (χ4n) is 3.87. The van der Waals surface area contributed by atoms with Crippen molar-refractivity contribution in [1.29, 1.82) is 0 Å². The number of hydrogen-bond acceptors (Lipinski definition) is 5. The van der Waals surface area contributed by atoms with Crippen molar-refractivity contribution in [2.24, 2.45) is 0 Å². The number of aromatic nitrogens is 2. The Hall–Kier alpha value is -2.47. The van der Waals surface area contributed by atoms with E-state index in [4.69, 9.17) is 0 Å². The maximum Gasteiger partial charge on any atom is 0.227 e. The number of fused-ring (bicyclic) bond motifs is 1. The van der Waals surface area contributed by atoms with Gasteiger partial charge in [-0.2, -0.15) is 0 Å². The normalized spacial score (nSPS) is 14.5. The van der Waals surface area contributed by atoms with Crippen LogP contribution in [0.25, 0.3) is 10.2 Å². The zero-order valence-electron chi connectivity index (χ0n) is 17.0. The van der Waals surface area contributed by atoms with E-state index in [1.165, 1.54) is 24.1 Å². The summed E-state index contributed by atoms with van der Waals surface area (Å²) in [7, 11) is 0. The first kappa shape index (κ1) is 19.8. The molecule has 0 atom stereocenters. The number of thiophene rings is 1. The Balaban J connectivity index is 1.40. The molecule has 1 saturated heterocycles. The summed E-state index contributed by atoms with van der Waals surface area (Å²) in [6.07, 6.45) is 7.01. The van der Waals surface area contributed by atoms with Gasteiger partial charge in [0.15, 0.2) is 0 Å². The van der Waals surface area contributed by atoms with Gasteiger partial charge in [-0.3, -0.25) is 4.79 Å². The van der Waals surface area contributed by atoms with Gasteiger partial charge in [-0.15, -0.1) is 11.3 Å². The minimum atomic E-state index is 0.206. The zero-order chi connectivity index (χ0) is 20.1. The standard InChI is InChI=1S/C23H28N4OS/c1-2-3-5-10-19-16-20-22(24-17-25-23(20)29-19)27-13-11-26(12-14-27)21(28)15-18-8-6-4-7-9-18/h4,6-9,16-17H,2-3,5,10-15H2,1H3. The van der Waals surface area contributed by atoms with E-state index in [9.17, 15) is 4.79 Å². The van der Waals surface area contributed by atoms with Crippen molar-refractivity contribution in [1.82, 2.24) is 14.9 Å². The van der Waals surface area contributed by atoms with E-state index < -0.39 is 0 Å². The third kappa shape index (κ3) is 4.75. The molecule has 1 aliphatic rings. The lowest BCUT2D eigenvalue weighted by atomic mass is 10.1. The molecule has 2 aromatic heterocycles. The second kappa shape index (κ2) is 9.35. The predicted octanol–water partition coefficient (Wildman–Crippen LogP) is 4.32. The maximum absolute atomic E-state index is 12.6. The number of carbonyl (C=O) groups is 1. The Bertz CT molecular complexity index is 948. The van der Waals surface area contributed by atoms with Gasteiger partial charge < -0.3 is 9.80 Å². The molecule has 0 spiro atoms. The van der Waals surface area contributed by atoms with Crippen LogP contribution in [-0.4, -0.2) is 47.0 Å². The number of amides is 1. The molecule has 6 heteroatoms. The highest BCUT2D eigenvalue weighted by molar-refractivity contribution is 7.18. The van der Waals surface area contributed by atoms with Crippen LogP contribution in [0.3, 0.4) is 0 Å². The van der Waals surface area contributed by atoms with Gasteiger partial charge >= 0.3 is 0 Å². The molecule has 3 heterocycles. The fourth-order valence-corrected chi connectivity index (χ4v) is 4.90. The highest BCUT2D eigenvalue weighted by Gasteiger charge is 2.23. The molecule has 152 valence electrons. The summed E-state index contributed by atoms with van der Waals surface area (Å²) >= 11 is 1.79. The first-order valence-electron chi connectivity index (χ1n) is 10.5. The van der Waals surface area contributed by atoms with Gasteiger partial charge in [0.2, 0.25) is 5.91 Å². The summed E-state index contributed by atoms with van der Waals surface area (Å²) in [5.41, 5.74) is 1.08. The Morgan fingerprint density at radius 3 is 2.62 bits per heavy atom. The molecule has 29 heavy (non-hydrogen) atoms. The van der Waals surface area contributed by atoms with Gasteiger partial charge in [0.25, 0.3) is 0 Å². The lowest BCUT2D eigenvalue weighted by Gasteiger charge is -2.35. The lowest BCUT2D eigenvalue weighted by Crippen LogP contribution is -2.49. The number of hydrogen-bond donors (Lipinski definition) is 0. The largest absolute Gasteiger partial charge is 0.352 e. The summed E-state index contributed by atoms with van der Waals surface area (Å²) in [6.45, 7) is 5.34. The van der Waals surface area contributed by atoms with Gasteiger partial charge in [-0.1, -0.05) is 50.1 Å². The van der Waals surface area contributed by atoms with Crippen molar-refractivity contribution < 1.29 is 4.79 Å². The first-order chi connectivity index (χ1) is 14.2. The summed E-state index contributed by atoms with van der Waals surface area (Å²) in [4.78, 5) is 28.5. The molecule has 0 saturated carbocycles. The van der Waals surface area contributed by atoms with Crippen molar-refractivity contribution in [3.05, 3.63) is 53.2 Å². The van der Waals surface area contributed by atoms with Gasteiger partial charge in [0.1, 0.15) is 17.0 Å². The quantitative estimate of drug-likeness (QED) is 0.547. The Morgan fingerprint density at radius 2 is 1.86 bits per heavy atom. The van der Waals surface area contributed by atoms with Crippen LogP contribution in [0, 0.1) is 0 Å². The zero-order valence-corrected chi connectivity index (χ0v) is 17.8. The highest BCUT2D eigenvalue weighted by Crippen LogP contribution is 2.31. The Morgan fingerprint density at radius 1 is 1.07 bits per heavy atom. The molecule has 0 radical (unpaired) electrons. The molecule has 1 amide bonds. The van der Waals surface area contributed by atoms with Gasteiger partial charge in [0.05, 0.1) is 11.8 Å². The number of carbonyl (C=O) groups excluding carboxylic acids is 1. The summed E-state index contributed by atoms with van der Waals surface area (Å²) < 4.78 is 0. The molecule has 1 fully saturated rings. The molecular weight excluding hydrogens is 380 g/mol. The SMILES string of the molecule is CCCCCc1cc2c(N3CCN(C(=O)Cc4ccccc4)CC3)ncnc2s1. The Labute approximate surface area is 176 Å². The minimum absolute atomic E-state index is 0.206. The third-order valence-corrected chi connectivity index (χ3v) is 6.62. The highest BCUT2D eigenvalue weighted by atomic mass is 32.1. The topological polar surface area (TPSA) is 49.3 Å². The molecule has 4 rings (SSSR count). The molecule has 3 aromatic rings. The lowest BCUT2D eigenvalue weighted by molar-refractivity contribution is -0.130. The number of anilines is 1. The van der Waals surface area contributed by atoms with Crippen LogP contribution in [-0.2, 0) is 17.6 Å².